The van der Waals surface area contributed by atoms with E-state index in [-0.39, 0.29) is 18.8 Å². The largest absolute Gasteiger partial charge is 0.481 e. The molecule has 0 aromatic heterocycles. The number of hydrogen-bond acceptors (Lipinski definition) is 5. The molecule has 3 N–H and O–H groups in total. The molecular weight excluding hydrogens is 262 g/mol. The highest BCUT2D eigenvalue weighted by Gasteiger charge is 2.34. The third-order valence-corrected chi connectivity index (χ3v) is 4.10. The fourth-order valence-corrected chi connectivity index (χ4v) is 2.96. The maximum absolute atomic E-state index is 11.0. The van der Waals surface area contributed by atoms with Crippen LogP contribution in [0.1, 0.15) is 19.8 Å². The van der Waals surface area contributed by atoms with E-state index in [1.165, 1.54) is 0 Å². The average Bonchev–Trinajstić information content (AvgIpc) is 2.44. The van der Waals surface area contributed by atoms with Crippen molar-refractivity contribution < 1.29 is 37.4 Å². The first-order valence-electron chi connectivity index (χ1n) is 4.58. The first kappa shape index (κ1) is 14.3. The highest BCUT2D eigenvalue weighted by Crippen LogP contribution is 2.57. The molecule has 0 bridgehead atoms. The summed E-state index contributed by atoms with van der Waals surface area (Å²) in [6, 6.07) is 0. The standard InChI is InChI=1S/C6H14O8P2/c1-5-2-3-6(13-5)4-12-16(10,11)14-15(7,8)9/h5-6H,2-4H2,1H3,(H,10,11)(H2,7,8,9)/t5-,6?/m0/s1. The highest BCUT2D eigenvalue weighted by atomic mass is 31.3. The molecule has 0 aliphatic carbocycles. The lowest BCUT2D eigenvalue weighted by atomic mass is 10.2. The summed E-state index contributed by atoms with van der Waals surface area (Å²) in [7, 11) is -9.77. The maximum Gasteiger partial charge on any atom is 0.481 e. The Morgan fingerprint density at radius 3 is 2.38 bits per heavy atom. The second kappa shape index (κ2) is 5.25. The molecule has 16 heavy (non-hydrogen) atoms. The maximum atomic E-state index is 11.0. The zero-order valence-electron chi connectivity index (χ0n) is 8.55. The molecule has 10 heteroatoms. The molecule has 0 aromatic carbocycles. The van der Waals surface area contributed by atoms with E-state index in [4.69, 9.17) is 19.4 Å². The number of rotatable bonds is 5. The van der Waals surface area contributed by atoms with Crippen LogP contribution in [0, 0.1) is 0 Å². The summed E-state index contributed by atoms with van der Waals surface area (Å²) in [6.07, 6.45) is 1.17. The molecule has 1 fully saturated rings. The van der Waals surface area contributed by atoms with Crippen molar-refractivity contribution in [2.45, 2.75) is 32.0 Å². The topological polar surface area (TPSA) is 123 Å². The average molecular weight is 276 g/mol. The lowest BCUT2D eigenvalue weighted by Crippen LogP contribution is -2.15. The fourth-order valence-electron chi connectivity index (χ4n) is 1.34. The smallest absolute Gasteiger partial charge is 0.373 e. The number of phosphoric ester groups is 1. The molecule has 0 aromatic rings. The van der Waals surface area contributed by atoms with E-state index in [1.807, 2.05) is 6.92 Å². The molecule has 1 saturated heterocycles. The molecule has 0 spiro atoms. The van der Waals surface area contributed by atoms with E-state index in [0.29, 0.717) is 6.42 Å². The Hall–Kier alpha value is 0.220. The van der Waals surface area contributed by atoms with Crippen LogP contribution in [0.5, 0.6) is 0 Å². The van der Waals surface area contributed by atoms with Gasteiger partial charge in [0, 0.05) is 0 Å². The lowest BCUT2D eigenvalue weighted by molar-refractivity contribution is 0.0184. The SMILES string of the molecule is C[C@H]1CCC(COP(=O)(O)OP(=O)(O)O)O1. The molecule has 0 radical (unpaired) electrons. The monoisotopic (exact) mass is 276 g/mol. The van der Waals surface area contributed by atoms with Crippen molar-refractivity contribution in [3.05, 3.63) is 0 Å². The normalized spacial score (nSPS) is 30.2. The van der Waals surface area contributed by atoms with Crippen molar-refractivity contribution in [3.8, 4) is 0 Å². The summed E-state index contributed by atoms with van der Waals surface area (Å²) in [5.74, 6) is 0. The van der Waals surface area contributed by atoms with Gasteiger partial charge in [-0.15, -0.1) is 0 Å². The van der Waals surface area contributed by atoms with Crippen molar-refractivity contribution in [3.63, 3.8) is 0 Å². The molecule has 8 nitrogen and oxygen atoms in total. The predicted octanol–water partition coefficient (Wildman–Crippen LogP) is 0.780. The van der Waals surface area contributed by atoms with Crippen LogP contribution in [0.25, 0.3) is 0 Å². The van der Waals surface area contributed by atoms with Gasteiger partial charge in [0.05, 0.1) is 18.8 Å². The van der Waals surface area contributed by atoms with E-state index in [2.05, 4.69) is 8.83 Å². The van der Waals surface area contributed by atoms with Crippen LogP contribution in [0.2, 0.25) is 0 Å². The summed E-state index contributed by atoms with van der Waals surface area (Å²) in [5.41, 5.74) is 0. The first-order valence-corrected chi connectivity index (χ1v) is 7.60. The van der Waals surface area contributed by atoms with Gasteiger partial charge in [-0.25, -0.2) is 9.13 Å². The molecule has 96 valence electrons. The van der Waals surface area contributed by atoms with Crippen LogP contribution in [0.4, 0.5) is 0 Å². The summed E-state index contributed by atoms with van der Waals surface area (Å²) in [5, 5.41) is 0. The number of phosphoric acid groups is 2. The molecule has 1 rings (SSSR count). The summed E-state index contributed by atoms with van der Waals surface area (Å²) in [4.78, 5) is 25.6. The Morgan fingerprint density at radius 2 is 1.94 bits per heavy atom. The van der Waals surface area contributed by atoms with Crippen LogP contribution in [0.3, 0.4) is 0 Å². The summed E-state index contributed by atoms with van der Waals surface area (Å²) in [6.45, 7) is 1.61. The van der Waals surface area contributed by atoms with E-state index < -0.39 is 15.6 Å². The van der Waals surface area contributed by atoms with E-state index in [1.54, 1.807) is 0 Å². The van der Waals surface area contributed by atoms with E-state index >= 15 is 0 Å². The zero-order valence-corrected chi connectivity index (χ0v) is 10.3. The minimum Gasteiger partial charge on any atom is -0.373 e. The van der Waals surface area contributed by atoms with Gasteiger partial charge >= 0.3 is 15.6 Å². The number of hydrogen-bond donors (Lipinski definition) is 3. The second-order valence-electron chi connectivity index (χ2n) is 3.48. The van der Waals surface area contributed by atoms with Crippen molar-refractivity contribution in [2.75, 3.05) is 6.61 Å². The second-order valence-corrected chi connectivity index (χ2v) is 6.31. The quantitative estimate of drug-likeness (QED) is 0.629. The Balaban J connectivity index is 2.36. The van der Waals surface area contributed by atoms with Crippen molar-refractivity contribution in [1.29, 1.82) is 0 Å². The first-order chi connectivity index (χ1) is 7.18. The van der Waals surface area contributed by atoms with E-state index in [0.717, 1.165) is 6.42 Å². The third kappa shape index (κ3) is 5.52. The van der Waals surface area contributed by atoms with Crippen molar-refractivity contribution in [1.82, 2.24) is 0 Å². The van der Waals surface area contributed by atoms with Gasteiger partial charge < -0.3 is 19.4 Å². The van der Waals surface area contributed by atoms with Crippen LogP contribution >= 0.6 is 15.6 Å². The minimum atomic E-state index is -5.04. The van der Waals surface area contributed by atoms with Gasteiger partial charge in [-0.1, -0.05) is 0 Å². The van der Waals surface area contributed by atoms with Gasteiger partial charge in [-0.3, -0.25) is 4.52 Å². The lowest BCUT2D eigenvalue weighted by Gasteiger charge is -2.15. The van der Waals surface area contributed by atoms with Gasteiger partial charge in [-0.05, 0) is 19.8 Å². The van der Waals surface area contributed by atoms with Crippen molar-refractivity contribution in [2.24, 2.45) is 0 Å². The fraction of sp³-hybridized carbons (Fsp3) is 1.00. The predicted molar refractivity (Wildman–Crippen MR) is 52.5 cm³/mol. The molecule has 0 saturated carbocycles. The molecular formula is C6H14O8P2. The van der Waals surface area contributed by atoms with Crippen LogP contribution in [0.15, 0.2) is 0 Å². The Kier molecular flexibility index (Phi) is 4.68. The minimum absolute atomic E-state index is 0.0504. The Morgan fingerprint density at radius 1 is 1.31 bits per heavy atom. The molecule has 0 amide bonds. The zero-order chi connectivity index (χ0) is 12.4. The van der Waals surface area contributed by atoms with Crippen LogP contribution in [-0.2, 0) is 22.7 Å². The molecule has 3 atom stereocenters. The Labute approximate surface area is 92.4 Å². The number of ether oxygens (including phenoxy) is 1. The van der Waals surface area contributed by atoms with Gasteiger partial charge in [0.1, 0.15) is 0 Å². The van der Waals surface area contributed by atoms with E-state index in [9.17, 15) is 9.13 Å². The molecule has 1 aliphatic rings. The van der Waals surface area contributed by atoms with Crippen LogP contribution < -0.4 is 0 Å². The summed E-state index contributed by atoms with van der Waals surface area (Å²) >= 11 is 0. The van der Waals surface area contributed by atoms with Gasteiger partial charge in [-0.2, -0.15) is 4.31 Å². The van der Waals surface area contributed by atoms with Crippen LogP contribution in [-0.4, -0.2) is 33.5 Å². The van der Waals surface area contributed by atoms with Gasteiger partial charge in [0.25, 0.3) is 0 Å². The highest BCUT2D eigenvalue weighted by molar-refractivity contribution is 7.60. The van der Waals surface area contributed by atoms with Gasteiger partial charge in [0.2, 0.25) is 0 Å². The third-order valence-electron chi connectivity index (χ3n) is 1.95. The van der Waals surface area contributed by atoms with Crippen molar-refractivity contribution >= 4 is 15.6 Å². The Bertz CT molecular complexity index is 324. The molecule has 1 heterocycles. The van der Waals surface area contributed by atoms with Gasteiger partial charge in [0.15, 0.2) is 0 Å². The molecule has 1 aliphatic heterocycles. The summed E-state index contributed by atoms with van der Waals surface area (Å²) < 4.78 is 34.7. The molecule has 2 unspecified atom stereocenters.